The van der Waals surface area contributed by atoms with Crippen molar-refractivity contribution in [1.29, 1.82) is 0 Å². The summed E-state index contributed by atoms with van der Waals surface area (Å²) in [6, 6.07) is 13.3. The first-order valence-electron chi connectivity index (χ1n) is 10.5. The summed E-state index contributed by atoms with van der Waals surface area (Å²) in [6.45, 7) is 5.97. The van der Waals surface area contributed by atoms with Gasteiger partial charge < -0.3 is 14.5 Å². The van der Waals surface area contributed by atoms with Crippen LogP contribution in [0.2, 0.25) is 5.02 Å². The van der Waals surface area contributed by atoms with Crippen molar-refractivity contribution in [1.82, 2.24) is 9.27 Å². The van der Waals surface area contributed by atoms with Crippen LogP contribution >= 0.6 is 23.1 Å². The Kier molecular flexibility index (Phi) is 5.68. The molecule has 3 aromatic carbocycles. The van der Waals surface area contributed by atoms with E-state index in [0.29, 0.717) is 47.9 Å². The third-order valence-electron chi connectivity index (χ3n) is 6.06. The number of methoxy groups -OCH3 is 1. The number of carbonyl (C=O) groups excluding carboxylic acids is 1. The number of piperazine rings is 1. The molecule has 0 aliphatic carbocycles. The molecule has 0 spiro atoms. The van der Waals surface area contributed by atoms with Crippen molar-refractivity contribution >= 4 is 55.7 Å². The van der Waals surface area contributed by atoms with E-state index in [1.165, 1.54) is 17.6 Å². The van der Waals surface area contributed by atoms with E-state index in [4.69, 9.17) is 16.3 Å². The van der Waals surface area contributed by atoms with E-state index >= 15 is 4.39 Å². The lowest BCUT2D eigenvalue weighted by molar-refractivity contribution is -0.126. The van der Waals surface area contributed by atoms with Crippen LogP contribution in [-0.4, -0.2) is 48.5 Å². The molecular formula is C25H21ClFN3O2S. The Labute approximate surface area is 199 Å². The number of hydrogen-bond acceptors (Lipinski definition) is 5. The number of benzene rings is 3. The van der Waals surface area contributed by atoms with Crippen LogP contribution < -0.4 is 9.64 Å². The van der Waals surface area contributed by atoms with Crippen molar-refractivity contribution in [3.63, 3.8) is 0 Å². The van der Waals surface area contributed by atoms with Crippen LogP contribution in [0.15, 0.2) is 55.1 Å². The van der Waals surface area contributed by atoms with Crippen LogP contribution in [0.4, 0.5) is 9.39 Å². The van der Waals surface area contributed by atoms with Gasteiger partial charge in [0.2, 0.25) is 5.91 Å². The molecule has 2 heterocycles. The van der Waals surface area contributed by atoms with E-state index < -0.39 is 5.82 Å². The molecule has 1 fully saturated rings. The predicted octanol–water partition coefficient (Wildman–Crippen LogP) is 5.75. The molecule has 0 atom stereocenters. The molecule has 0 N–H and O–H groups in total. The molecule has 0 bridgehead atoms. The van der Waals surface area contributed by atoms with E-state index in [1.807, 2.05) is 36.4 Å². The van der Waals surface area contributed by atoms with Gasteiger partial charge >= 0.3 is 0 Å². The Bertz CT molecular complexity index is 1400. The minimum absolute atomic E-state index is 0.0772. The Morgan fingerprint density at radius 2 is 1.91 bits per heavy atom. The molecule has 5 nitrogen and oxygen atoms in total. The number of halogens is 2. The number of carbonyl (C=O) groups is 1. The topological polar surface area (TPSA) is 45.7 Å². The minimum atomic E-state index is -0.463. The van der Waals surface area contributed by atoms with Crippen LogP contribution in [0, 0.1) is 5.82 Å². The van der Waals surface area contributed by atoms with Crippen LogP contribution in [0.3, 0.4) is 0 Å². The zero-order valence-electron chi connectivity index (χ0n) is 18.0. The molecule has 5 rings (SSSR count). The first kappa shape index (κ1) is 21.7. The lowest BCUT2D eigenvalue weighted by Gasteiger charge is -2.34. The van der Waals surface area contributed by atoms with Gasteiger partial charge in [0.05, 0.1) is 12.1 Å². The van der Waals surface area contributed by atoms with Gasteiger partial charge in [-0.25, -0.2) is 4.39 Å². The highest BCUT2D eigenvalue weighted by Gasteiger charge is 2.26. The summed E-state index contributed by atoms with van der Waals surface area (Å²) >= 11 is 7.97. The molecule has 1 aliphatic heterocycles. The van der Waals surface area contributed by atoms with Gasteiger partial charge in [-0.15, -0.1) is 0 Å². The SMILES string of the molecule is C=CC(=O)N1CCN(c2snc3c(F)c(-c4c(OC)ccc5ccccc45)c(Cl)cc23)CC1. The Morgan fingerprint density at radius 1 is 1.15 bits per heavy atom. The fraction of sp³-hybridized carbons (Fsp3) is 0.200. The van der Waals surface area contributed by atoms with Crippen molar-refractivity contribution in [3.8, 4) is 16.9 Å². The summed E-state index contributed by atoms with van der Waals surface area (Å²) in [5, 5.41) is 3.66. The van der Waals surface area contributed by atoms with Gasteiger partial charge in [0.25, 0.3) is 0 Å². The fourth-order valence-electron chi connectivity index (χ4n) is 4.39. The maximum Gasteiger partial charge on any atom is 0.246 e. The maximum absolute atomic E-state index is 16.0. The second-order valence-corrected chi connectivity index (χ2v) is 8.97. The Morgan fingerprint density at radius 3 is 2.64 bits per heavy atom. The molecule has 1 saturated heterocycles. The van der Waals surface area contributed by atoms with Crippen molar-refractivity contribution in [3.05, 3.63) is 66.0 Å². The lowest BCUT2D eigenvalue weighted by Crippen LogP contribution is -2.48. The number of fused-ring (bicyclic) bond motifs is 2. The molecule has 0 radical (unpaired) electrons. The van der Waals surface area contributed by atoms with Gasteiger partial charge in [0.1, 0.15) is 16.3 Å². The smallest absolute Gasteiger partial charge is 0.246 e. The summed E-state index contributed by atoms with van der Waals surface area (Å²) in [7, 11) is 1.57. The minimum Gasteiger partial charge on any atom is -0.496 e. The van der Waals surface area contributed by atoms with Gasteiger partial charge in [-0.3, -0.25) is 4.79 Å². The lowest BCUT2D eigenvalue weighted by atomic mass is 9.95. The monoisotopic (exact) mass is 481 g/mol. The number of ether oxygens (including phenoxy) is 1. The van der Waals surface area contributed by atoms with Crippen molar-refractivity contribution in [2.75, 3.05) is 38.2 Å². The summed E-state index contributed by atoms with van der Waals surface area (Å²) in [5.41, 5.74) is 1.19. The Hall–Kier alpha value is -3.16. The Balaban J connectivity index is 1.61. The van der Waals surface area contributed by atoms with Crippen molar-refractivity contribution in [2.45, 2.75) is 0 Å². The fourth-order valence-corrected chi connectivity index (χ4v) is 5.59. The van der Waals surface area contributed by atoms with Gasteiger partial charge in [0.15, 0.2) is 5.82 Å². The van der Waals surface area contributed by atoms with Gasteiger partial charge in [0, 0.05) is 42.7 Å². The second kappa shape index (κ2) is 8.65. The van der Waals surface area contributed by atoms with Gasteiger partial charge in [-0.1, -0.05) is 48.5 Å². The maximum atomic E-state index is 16.0. The van der Waals surface area contributed by atoms with E-state index in [0.717, 1.165) is 15.8 Å². The average Bonchev–Trinajstić information content (AvgIpc) is 3.27. The van der Waals surface area contributed by atoms with Gasteiger partial charge in [-0.05, 0) is 40.5 Å². The molecule has 33 heavy (non-hydrogen) atoms. The molecule has 4 aromatic rings. The number of rotatable bonds is 4. The van der Waals surface area contributed by atoms with Crippen LogP contribution in [-0.2, 0) is 4.79 Å². The molecular weight excluding hydrogens is 461 g/mol. The molecule has 168 valence electrons. The molecule has 8 heteroatoms. The average molecular weight is 482 g/mol. The quantitative estimate of drug-likeness (QED) is 0.348. The van der Waals surface area contributed by atoms with Crippen LogP contribution in [0.25, 0.3) is 32.8 Å². The summed E-state index contributed by atoms with van der Waals surface area (Å²) in [6.07, 6.45) is 1.33. The highest BCUT2D eigenvalue weighted by atomic mass is 35.5. The summed E-state index contributed by atoms with van der Waals surface area (Å²) in [5.74, 6) is 0.00835. The first-order chi connectivity index (χ1) is 16.0. The molecule has 0 saturated carbocycles. The summed E-state index contributed by atoms with van der Waals surface area (Å²) < 4.78 is 26.0. The molecule has 1 aliphatic rings. The zero-order valence-corrected chi connectivity index (χ0v) is 19.5. The third kappa shape index (κ3) is 3.61. The number of nitrogens with zero attached hydrogens (tertiary/aromatic N) is 3. The van der Waals surface area contributed by atoms with E-state index in [9.17, 15) is 4.79 Å². The largest absolute Gasteiger partial charge is 0.496 e. The molecule has 0 unspecified atom stereocenters. The zero-order chi connectivity index (χ0) is 23.1. The summed E-state index contributed by atoms with van der Waals surface area (Å²) in [4.78, 5) is 15.8. The van der Waals surface area contributed by atoms with E-state index in [1.54, 1.807) is 18.1 Å². The third-order valence-corrected chi connectivity index (χ3v) is 7.28. The predicted molar refractivity (Wildman–Crippen MR) is 133 cm³/mol. The number of hydrogen-bond donors (Lipinski definition) is 0. The van der Waals surface area contributed by atoms with Crippen LogP contribution in [0.5, 0.6) is 5.75 Å². The van der Waals surface area contributed by atoms with Crippen molar-refractivity contribution < 1.29 is 13.9 Å². The second-order valence-electron chi connectivity index (χ2n) is 7.81. The normalized spacial score (nSPS) is 14.2. The number of aromatic nitrogens is 1. The first-order valence-corrected chi connectivity index (χ1v) is 11.7. The van der Waals surface area contributed by atoms with E-state index in [2.05, 4.69) is 15.9 Å². The number of amides is 1. The van der Waals surface area contributed by atoms with E-state index in [-0.39, 0.29) is 17.0 Å². The molecule has 1 amide bonds. The van der Waals surface area contributed by atoms with Gasteiger partial charge in [-0.2, -0.15) is 4.37 Å². The standard InChI is InChI=1S/C25H21ClFN3O2S/c1-3-20(31)29-10-12-30(13-11-29)25-17-14-18(26)22(23(27)24(17)28-33-25)21-16-7-5-4-6-15(16)8-9-19(21)32-2/h3-9,14H,1,10-13H2,2H3. The van der Waals surface area contributed by atoms with Crippen LogP contribution in [0.1, 0.15) is 0 Å². The highest BCUT2D eigenvalue weighted by Crippen LogP contribution is 2.46. The van der Waals surface area contributed by atoms with Crippen molar-refractivity contribution in [2.24, 2.45) is 0 Å². The number of anilines is 1. The molecule has 1 aromatic heterocycles. The highest BCUT2D eigenvalue weighted by molar-refractivity contribution is 7.11.